The van der Waals surface area contributed by atoms with E-state index in [-0.39, 0.29) is 5.56 Å². The van der Waals surface area contributed by atoms with Crippen LogP contribution < -0.4 is 5.56 Å². The quantitative estimate of drug-likeness (QED) is 0.292. The van der Waals surface area contributed by atoms with Gasteiger partial charge in [0.15, 0.2) is 5.16 Å². The second kappa shape index (κ2) is 8.81. The van der Waals surface area contributed by atoms with Crippen LogP contribution in [0.3, 0.4) is 0 Å². The Morgan fingerprint density at radius 3 is 2.73 bits per heavy atom. The van der Waals surface area contributed by atoms with Gasteiger partial charge < -0.3 is 4.42 Å². The van der Waals surface area contributed by atoms with Crippen LogP contribution in [0.15, 0.2) is 37.0 Å². The van der Waals surface area contributed by atoms with Crippen LogP contribution in [0.4, 0.5) is 0 Å². The molecule has 0 fully saturated rings. The summed E-state index contributed by atoms with van der Waals surface area (Å²) in [5.41, 5.74) is 0.696. The molecular formula is C18H21BrN4O2S. The second-order valence-corrected chi connectivity index (χ2v) is 7.81. The Bertz CT molecular complexity index is 954. The van der Waals surface area contributed by atoms with Crippen molar-refractivity contribution in [3.8, 4) is 0 Å². The number of thioether (sulfide) groups is 1. The lowest BCUT2D eigenvalue weighted by molar-refractivity contribution is 0.469. The highest BCUT2D eigenvalue weighted by atomic mass is 79.9. The number of hydrogen-bond donors (Lipinski definition) is 0. The molecule has 0 aliphatic heterocycles. The van der Waals surface area contributed by atoms with Gasteiger partial charge in [-0.25, -0.2) is 4.98 Å². The minimum Gasteiger partial charge on any atom is -0.424 e. The van der Waals surface area contributed by atoms with E-state index in [4.69, 9.17) is 9.40 Å². The first kappa shape index (κ1) is 19.1. The summed E-state index contributed by atoms with van der Waals surface area (Å²) in [6, 6.07) is 5.60. The minimum atomic E-state index is -0.00493. The van der Waals surface area contributed by atoms with Gasteiger partial charge in [0.25, 0.3) is 5.56 Å². The van der Waals surface area contributed by atoms with Crippen LogP contribution in [-0.2, 0) is 18.7 Å². The molecule has 0 atom stereocenters. The molecule has 0 bridgehead atoms. The molecule has 0 N–H and O–H groups in total. The Kier molecular flexibility index (Phi) is 6.48. The average Bonchev–Trinajstić information content (AvgIpc) is 3.11. The van der Waals surface area contributed by atoms with E-state index in [1.807, 2.05) is 25.1 Å². The van der Waals surface area contributed by atoms with Gasteiger partial charge in [0.2, 0.25) is 11.8 Å². The van der Waals surface area contributed by atoms with Crippen molar-refractivity contribution >= 4 is 38.6 Å². The second-order valence-electron chi connectivity index (χ2n) is 5.95. The molecule has 8 heteroatoms. The molecule has 0 saturated carbocycles. The Hall–Kier alpha value is -1.67. The zero-order valence-corrected chi connectivity index (χ0v) is 17.3. The molecular weight excluding hydrogens is 416 g/mol. The van der Waals surface area contributed by atoms with Gasteiger partial charge in [-0.15, -0.1) is 10.2 Å². The third kappa shape index (κ3) is 4.35. The predicted octanol–water partition coefficient (Wildman–Crippen LogP) is 4.59. The monoisotopic (exact) mass is 436 g/mol. The van der Waals surface area contributed by atoms with E-state index in [1.165, 1.54) is 11.8 Å². The van der Waals surface area contributed by atoms with Crippen LogP contribution in [-0.4, -0.2) is 19.7 Å². The van der Waals surface area contributed by atoms with Gasteiger partial charge in [-0.05, 0) is 24.6 Å². The van der Waals surface area contributed by atoms with Crippen molar-refractivity contribution in [1.82, 2.24) is 19.7 Å². The molecule has 138 valence electrons. The highest BCUT2D eigenvalue weighted by molar-refractivity contribution is 9.10. The van der Waals surface area contributed by atoms with E-state index in [0.29, 0.717) is 46.6 Å². The van der Waals surface area contributed by atoms with Crippen molar-refractivity contribution in [2.75, 3.05) is 0 Å². The van der Waals surface area contributed by atoms with Gasteiger partial charge in [0.1, 0.15) is 0 Å². The van der Waals surface area contributed by atoms with E-state index in [1.54, 1.807) is 4.57 Å². The first-order chi connectivity index (χ1) is 12.6. The topological polar surface area (TPSA) is 73.8 Å². The van der Waals surface area contributed by atoms with E-state index in [2.05, 4.69) is 33.1 Å². The summed E-state index contributed by atoms with van der Waals surface area (Å²) >= 11 is 4.89. The van der Waals surface area contributed by atoms with Crippen molar-refractivity contribution in [2.45, 2.75) is 57.0 Å². The largest absolute Gasteiger partial charge is 0.424 e. The van der Waals surface area contributed by atoms with E-state index >= 15 is 0 Å². The van der Waals surface area contributed by atoms with Gasteiger partial charge in [0.05, 0.1) is 16.7 Å². The van der Waals surface area contributed by atoms with Gasteiger partial charge in [-0.1, -0.05) is 54.4 Å². The van der Waals surface area contributed by atoms with Crippen LogP contribution in [0.5, 0.6) is 0 Å². The molecule has 2 aromatic heterocycles. The van der Waals surface area contributed by atoms with E-state index in [9.17, 15) is 4.79 Å². The lowest BCUT2D eigenvalue weighted by atomic mass is 10.2. The summed E-state index contributed by atoms with van der Waals surface area (Å²) < 4.78 is 8.21. The molecule has 0 aliphatic rings. The van der Waals surface area contributed by atoms with Crippen molar-refractivity contribution in [3.05, 3.63) is 44.8 Å². The number of rotatable bonds is 8. The number of fused-ring (bicyclic) bond motifs is 1. The van der Waals surface area contributed by atoms with Crippen LogP contribution in [0, 0.1) is 0 Å². The Morgan fingerprint density at radius 2 is 2.00 bits per heavy atom. The van der Waals surface area contributed by atoms with Crippen molar-refractivity contribution < 1.29 is 4.42 Å². The normalized spacial score (nSPS) is 11.3. The number of aryl methyl sites for hydroxylation is 1. The van der Waals surface area contributed by atoms with E-state index < -0.39 is 0 Å². The SMILES string of the molecule is CCCCCn1c(SCc2nnc(CC)o2)nc2ccc(Br)cc2c1=O. The highest BCUT2D eigenvalue weighted by Gasteiger charge is 2.14. The molecule has 1 aromatic carbocycles. The average molecular weight is 437 g/mol. The highest BCUT2D eigenvalue weighted by Crippen LogP contribution is 2.23. The van der Waals surface area contributed by atoms with Gasteiger partial charge in [0, 0.05) is 17.4 Å². The van der Waals surface area contributed by atoms with Crippen LogP contribution in [0.2, 0.25) is 0 Å². The van der Waals surface area contributed by atoms with Crippen LogP contribution in [0.1, 0.15) is 44.9 Å². The maximum Gasteiger partial charge on any atom is 0.262 e. The Labute approximate surface area is 164 Å². The first-order valence-electron chi connectivity index (χ1n) is 8.76. The number of hydrogen-bond acceptors (Lipinski definition) is 6. The molecule has 3 rings (SSSR count). The van der Waals surface area contributed by atoms with Gasteiger partial charge in [-0.2, -0.15) is 0 Å². The van der Waals surface area contributed by atoms with E-state index in [0.717, 1.165) is 23.7 Å². The lowest BCUT2D eigenvalue weighted by Gasteiger charge is -2.12. The summed E-state index contributed by atoms with van der Waals surface area (Å²) in [5, 5.41) is 9.35. The third-order valence-corrected chi connectivity index (χ3v) is 5.46. The molecule has 3 aromatic rings. The van der Waals surface area contributed by atoms with Crippen LogP contribution >= 0.6 is 27.7 Å². The molecule has 6 nitrogen and oxygen atoms in total. The number of halogens is 1. The maximum absolute atomic E-state index is 13.0. The lowest BCUT2D eigenvalue weighted by Crippen LogP contribution is -2.23. The molecule has 0 aliphatic carbocycles. The molecule has 0 amide bonds. The Morgan fingerprint density at radius 1 is 1.19 bits per heavy atom. The summed E-state index contributed by atoms with van der Waals surface area (Å²) in [6.45, 7) is 4.78. The fourth-order valence-electron chi connectivity index (χ4n) is 2.62. The molecule has 2 heterocycles. The van der Waals surface area contributed by atoms with Crippen LogP contribution in [0.25, 0.3) is 10.9 Å². The third-order valence-electron chi connectivity index (χ3n) is 4.00. The summed E-state index contributed by atoms with van der Waals surface area (Å²) in [5.74, 6) is 1.67. The number of benzene rings is 1. The summed E-state index contributed by atoms with van der Waals surface area (Å²) in [6.07, 6.45) is 3.84. The molecule has 0 radical (unpaired) electrons. The molecule has 26 heavy (non-hydrogen) atoms. The van der Waals surface area contributed by atoms with Crippen molar-refractivity contribution in [3.63, 3.8) is 0 Å². The standard InChI is InChI=1S/C18H21BrN4O2S/c1-3-5-6-9-23-17(24)13-10-12(19)7-8-14(13)20-18(23)26-11-16-22-21-15(4-2)25-16/h7-8,10H,3-6,9,11H2,1-2H3. The maximum atomic E-state index is 13.0. The molecule has 0 saturated heterocycles. The van der Waals surface area contributed by atoms with Crippen molar-refractivity contribution in [1.29, 1.82) is 0 Å². The fourth-order valence-corrected chi connectivity index (χ4v) is 3.84. The Balaban J connectivity index is 1.93. The number of unbranched alkanes of at least 4 members (excludes halogenated alkanes) is 2. The number of nitrogens with zero attached hydrogens (tertiary/aromatic N) is 4. The minimum absolute atomic E-state index is 0.00493. The molecule has 0 unspecified atom stereocenters. The van der Waals surface area contributed by atoms with Gasteiger partial charge in [-0.3, -0.25) is 9.36 Å². The molecule has 0 spiro atoms. The number of aromatic nitrogens is 4. The smallest absolute Gasteiger partial charge is 0.262 e. The van der Waals surface area contributed by atoms with Crippen molar-refractivity contribution in [2.24, 2.45) is 0 Å². The first-order valence-corrected chi connectivity index (χ1v) is 10.5. The zero-order chi connectivity index (χ0) is 18.5. The fraction of sp³-hybridized carbons (Fsp3) is 0.444. The summed E-state index contributed by atoms with van der Waals surface area (Å²) in [7, 11) is 0. The summed E-state index contributed by atoms with van der Waals surface area (Å²) in [4.78, 5) is 17.7. The zero-order valence-electron chi connectivity index (χ0n) is 14.9. The predicted molar refractivity (Wildman–Crippen MR) is 106 cm³/mol. The van der Waals surface area contributed by atoms with Gasteiger partial charge >= 0.3 is 0 Å².